The Morgan fingerprint density at radius 1 is 1.26 bits per heavy atom. The van der Waals surface area contributed by atoms with Crippen molar-refractivity contribution in [2.24, 2.45) is 5.92 Å². The summed E-state index contributed by atoms with van der Waals surface area (Å²) in [5.74, 6) is 0.447. The van der Waals surface area contributed by atoms with Gasteiger partial charge < -0.3 is 15.0 Å². The number of alkyl halides is 3. The number of nitrogens with one attached hydrogen (secondary N) is 1. The topological polar surface area (TPSA) is 84.4 Å². The molecule has 0 atom stereocenters. The second kappa shape index (κ2) is 8.52. The van der Waals surface area contributed by atoms with E-state index < -0.39 is 12.8 Å². The van der Waals surface area contributed by atoms with Gasteiger partial charge in [-0.3, -0.25) is 9.59 Å². The molecular formula is C21H21F3N4O3. The number of carbonyl (C=O) groups excluding carboxylic acids is 2. The van der Waals surface area contributed by atoms with Gasteiger partial charge in [-0.25, -0.2) is 9.97 Å². The van der Waals surface area contributed by atoms with Gasteiger partial charge in [-0.1, -0.05) is 6.07 Å². The van der Waals surface area contributed by atoms with Gasteiger partial charge in [-0.2, -0.15) is 13.2 Å². The van der Waals surface area contributed by atoms with Crippen LogP contribution in [0.2, 0.25) is 0 Å². The van der Waals surface area contributed by atoms with Crippen molar-refractivity contribution in [2.75, 3.05) is 18.5 Å². The zero-order valence-electron chi connectivity index (χ0n) is 16.6. The third kappa shape index (κ3) is 5.50. The van der Waals surface area contributed by atoms with Crippen LogP contribution < -0.4 is 10.1 Å². The second-order valence-corrected chi connectivity index (χ2v) is 7.73. The normalized spacial score (nSPS) is 15.7. The number of rotatable bonds is 8. The van der Waals surface area contributed by atoms with E-state index in [1.807, 2.05) is 0 Å². The first kappa shape index (κ1) is 21.1. The molecule has 0 radical (unpaired) electrons. The Morgan fingerprint density at radius 2 is 2.06 bits per heavy atom. The molecule has 1 saturated carbocycles. The van der Waals surface area contributed by atoms with E-state index in [1.165, 1.54) is 12.3 Å². The fourth-order valence-corrected chi connectivity index (χ4v) is 3.42. The third-order valence-corrected chi connectivity index (χ3v) is 5.15. The van der Waals surface area contributed by atoms with E-state index in [4.69, 9.17) is 0 Å². The maximum atomic E-state index is 12.7. The van der Waals surface area contributed by atoms with Crippen LogP contribution in [0.15, 0.2) is 30.5 Å². The lowest BCUT2D eigenvalue weighted by Crippen LogP contribution is -2.26. The lowest BCUT2D eigenvalue weighted by Gasteiger charge is -2.16. The summed E-state index contributed by atoms with van der Waals surface area (Å²) in [4.78, 5) is 34.8. The first-order valence-corrected chi connectivity index (χ1v) is 10.0. The van der Waals surface area contributed by atoms with Crippen LogP contribution in [-0.2, 0) is 17.8 Å². The van der Waals surface area contributed by atoms with Crippen molar-refractivity contribution in [1.82, 2.24) is 14.9 Å². The van der Waals surface area contributed by atoms with E-state index in [1.54, 1.807) is 23.1 Å². The number of nitrogens with zero attached hydrogens (tertiary/aromatic N) is 3. The zero-order chi connectivity index (χ0) is 22.0. The highest BCUT2D eigenvalue weighted by Crippen LogP contribution is 2.33. The minimum Gasteiger partial charge on any atom is -0.468 e. The Morgan fingerprint density at radius 3 is 2.81 bits per heavy atom. The Balaban J connectivity index is 1.37. The summed E-state index contributed by atoms with van der Waals surface area (Å²) in [5, 5.41) is 2.81. The minimum atomic E-state index is -4.44. The molecule has 0 aromatic carbocycles. The lowest BCUT2D eigenvalue weighted by atomic mass is 10.1. The van der Waals surface area contributed by atoms with Gasteiger partial charge in [0.2, 0.25) is 11.8 Å². The summed E-state index contributed by atoms with van der Waals surface area (Å²) in [6.07, 6.45) is -0.00457. The highest BCUT2D eigenvalue weighted by atomic mass is 19.4. The van der Waals surface area contributed by atoms with Gasteiger partial charge >= 0.3 is 6.18 Å². The number of carbonyl (C=O) groups is 2. The molecule has 31 heavy (non-hydrogen) atoms. The van der Waals surface area contributed by atoms with Gasteiger partial charge in [0, 0.05) is 48.5 Å². The minimum absolute atomic E-state index is 0.103. The number of anilines is 1. The maximum Gasteiger partial charge on any atom is 0.422 e. The highest BCUT2D eigenvalue weighted by Gasteiger charge is 2.31. The predicted octanol–water partition coefficient (Wildman–Crippen LogP) is 3.35. The van der Waals surface area contributed by atoms with Gasteiger partial charge in [0.1, 0.15) is 5.82 Å². The number of pyridine rings is 2. The Labute approximate surface area is 176 Å². The van der Waals surface area contributed by atoms with Gasteiger partial charge in [0.25, 0.3) is 5.91 Å². The van der Waals surface area contributed by atoms with Crippen LogP contribution in [0.3, 0.4) is 0 Å². The standard InChI is InChI=1S/C21H21F3N4O3/c22-21(23,24)12-31-18-3-1-2-14(26-18)7-9-28-11-16-15(20(28)30)6-8-25-19(16)27-17(29)10-13-4-5-13/h1-3,6,8,13H,4-5,7,9-12H2,(H,25,27,29). The number of hydrogen-bond donors (Lipinski definition) is 1. The molecule has 1 N–H and O–H groups in total. The first-order valence-electron chi connectivity index (χ1n) is 10.0. The van der Waals surface area contributed by atoms with Crippen molar-refractivity contribution in [3.63, 3.8) is 0 Å². The largest absolute Gasteiger partial charge is 0.468 e. The molecule has 2 amide bonds. The summed E-state index contributed by atoms with van der Waals surface area (Å²) in [6.45, 7) is -0.796. The van der Waals surface area contributed by atoms with Crippen molar-refractivity contribution in [2.45, 2.75) is 38.4 Å². The molecule has 1 aliphatic heterocycles. The summed E-state index contributed by atoms with van der Waals surface area (Å²) in [7, 11) is 0. The van der Waals surface area contributed by atoms with E-state index in [0.29, 0.717) is 54.5 Å². The Bertz CT molecular complexity index is 992. The average Bonchev–Trinajstić information content (AvgIpc) is 3.47. The number of fused-ring (bicyclic) bond motifs is 1. The molecule has 164 valence electrons. The number of aromatic nitrogens is 2. The molecule has 2 aromatic heterocycles. The molecule has 1 fully saturated rings. The summed E-state index contributed by atoms with van der Waals surface area (Å²) in [6, 6.07) is 6.21. The van der Waals surface area contributed by atoms with Crippen LogP contribution in [0.4, 0.5) is 19.0 Å². The SMILES string of the molecule is O=C(CC1CC1)Nc1nccc2c1CN(CCc1cccc(OCC(F)(F)F)n1)C2=O. The molecule has 2 aliphatic rings. The third-order valence-electron chi connectivity index (χ3n) is 5.15. The molecule has 1 aliphatic carbocycles. The number of hydrogen-bond acceptors (Lipinski definition) is 5. The Kier molecular flexibility index (Phi) is 5.79. The van der Waals surface area contributed by atoms with Crippen molar-refractivity contribution >= 4 is 17.6 Å². The molecule has 2 aromatic rings. The fourth-order valence-electron chi connectivity index (χ4n) is 3.42. The summed E-state index contributed by atoms with van der Waals surface area (Å²) in [5.41, 5.74) is 1.68. The molecule has 10 heteroatoms. The van der Waals surface area contributed by atoms with Crippen molar-refractivity contribution in [3.05, 3.63) is 47.3 Å². The van der Waals surface area contributed by atoms with Crippen LogP contribution in [0, 0.1) is 5.92 Å². The zero-order valence-corrected chi connectivity index (χ0v) is 16.6. The number of ether oxygens (including phenoxy) is 1. The highest BCUT2D eigenvalue weighted by molar-refractivity contribution is 6.01. The van der Waals surface area contributed by atoms with E-state index in [0.717, 1.165) is 12.8 Å². The molecule has 0 unspecified atom stereocenters. The first-order chi connectivity index (χ1) is 14.8. The summed E-state index contributed by atoms with van der Waals surface area (Å²) < 4.78 is 41.6. The molecule has 0 saturated heterocycles. The van der Waals surface area contributed by atoms with Crippen LogP contribution in [0.5, 0.6) is 5.88 Å². The van der Waals surface area contributed by atoms with E-state index in [-0.39, 0.29) is 17.7 Å². The maximum absolute atomic E-state index is 12.7. The molecule has 3 heterocycles. The molecule has 4 rings (SSSR count). The Hall–Kier alpha value is -3.17. The quantitative estimate of drug-likeness (QED) is 0.689. The second-order valence-electron chi connectivity index (χ2n) is 7.73. The van der Waals surface area contributed by atoms with Crippen LogP contribution in [-0.4, -0.2) is 46.0 Å². The fraction of sp³-hybridized carbons (Fsp3) is 0.429. The predicted molar refractivity (Wildman–Crippen MR) is 104 cm³/mol. The summed E-state index contributed by atoms with van der Waals surface area (Å²) >= 11 is 0. The average molecular weight is 434 g/mol. The van der Waals surface area contributed by atoms with Crippen LogP contribution in [0.25, 0.3) is 0 Å². The van der Waals surface area contributed by atoms with E-state index in [2.05, 4.69) is 20.0 Å². The van der Waals surface area contributed by atoms with Crippen molar-refractivity contribution < 1.29 is 27.5 Å². The lowest BCUT2D eigenvalue weighted by molar-refractivity contribution is -0.154. The van der Waals surface area contributed by atoms with E-state index >= 15 is 0 Å². The van der Waals surface area contributed by atoms with Gasteiger partial charge in [-0.15, -0.1) is 0 Å². The monoisotopic (exact) mass is 434 g/mol. The smallest absolute Gasteiger partial charge is 0.422 e. The van der Waals surface area contributed by atoms with Crippen molar-refractivity contribution in [3.8, 4) is 5.88 Å². The van der Waals surface area contributed by atoms with E-state index in [9.17, 15) is 22.8 Å². The molecular weight excluding hydrogens is 413 g/mol. The number of amides is 2. The van der Waals surface area contributed by atoms with Crippen molar-refractivity contribution in [1.29, 1.82) is 0 Å². The van der Waals surface area contributed by atoms with Crippen LogP contribution in [0.1, 0.15) is 40.9 Å². The number of halogens is 3. The van der Waals surface area contributed by atoms with Crippen LogP contribution >= 0.6 is 0 Å². The molecule has 7 nitrogen and oxygen atoms in total. The van der Waals surface area contributed by atoms with Gasteiger partial charge in [0.15, 0.2) is 6.61 Å². The van der Waals surface area contributed by atoms with Gasteiger partial charge in [0.05, 0.1) is 6.54 Å². The molecule has 0 spiro atoms. The van der Waals surface area contributed by atoms with Gasteiger partial charge in [-0.05, 0) is 30.9 Å². The molecule has 0 bridgehead atoms.